The number of anilines is 1. The smallest absolute Gasteiger partial charge is 0.269 e. The zero-order chi connectivity index (χ0) is 17.1. The van der Waals surface area contributed by atoms with Crippen LogP contribution in [0, 0.1) is 17.0 Å². The number of hydrogen-bond donors (Lipinski definition) is 1. The Bertz CT molecular complexity index is 885. The Kier molecular flexibility index (Phi) is 4.02. The third-order valence-corrected chi connectivity index (χ3v) is 3.42. The van der Waals surface area contributed by atoms with Gasteiger partial charge in [-0.15, -0.1) is 0 Å². The van der Waals surface area contributed by atoms with Crippen molar-refractivity contribution in [3.8, 4) is 5.82 Å². The van der Waals surface area contributed by atoms with Gasteiger partial charge in [0.1, 0.15) is 11.6 Å². The largest absolute Gasteiger partial charge is 0.321 e. The normalized spacial score (nSPS) is 10.4. The molecule has 3 aromatic rings. The lowest BCUT2D eigenvalue weighted by molar-refractivity contribution is -0.384. The average molecular weight is 323 g/mol. The number of non-ortho nitro benzene ring substituents is 1. The minimum atomic E-state index is -0.511. The second kappa shape index (κ2) is 6.29. The molecule has 120 valence electrons. The SMILES string of the molecule is Cc1nccn1-c1ccc(NC(=O)c2ccc([N+](=O)[O-])cc2)cn1. The summed E-state index contributed by atoms with van der Waals surface area (Å²) in [6.07, 6.45) is 5.02. The number of aryl methyl sites for hydroxylation is 1. The van der Waals surface area contributed by atoms with Gasteiger partial charge >= 0.3 is 0 Å². The Hall–Kier alpha value is -3.55. The Morgan fingerprint density at radius 1 is 1.17 bits per heavy atom. The van der Waals surface area contributed by atoms with E-state index in [9.17, 15) is 14.9 Å². The molecule has 0 aliphatic carbocycles. The van der Waals surface area contributed by atoms with Crippen LogP contribution in [-0.2, 0) is 0 Å². The molecule has 3 rings (SSSR count). The third kappa shape index (κ3) is 3.12. The number of rotatable bonds is 4. The maximum Gasteiger partial charge on any atom is 0.269 e. The number of nitro groups is 1. The Morgan fingerprint density at radius 2 is 1.92 bits per heavy atom. The number of aromatic nitrogens is 3. The highest BCUT2D eigenvalue weighted by atomic mass is 16.6. The maximum atomic E-state index is 12.1. The maximum absolute atomic E-state index is 12.1. The zero-order valence-electron chi connectivity index (χ0n) is 12.7. The molecule has 0 unspecified atom stereocenters. The molecule has 0 bridgehead atoms. The molecule has 0 saturated carbocycles. The molecule has 0 spiro atoms. The van der Waals surface area contributed by atoms with Gasteiger partial charge < -0.3 is 5.32 Å². The van der Waals surface area contributed by atoms with E-state index >= 15 is 0 Å². The minimum Gasteiger partial charge on any atom is -0.321 e. The molecule has 0 saturated heterocycles. The van der Waals surface area contributed by atoms with E-state index < -0.39 is 4.92 Å². The van der Waals surface area contributed by atoms with Crippen molar-refractivity contribution in [2.45, 2.75) is 6.92 Å². The van der Waals surface area contributed by atoms with E-state index in [1.807, 2.05) is 11.5 Å². The predicted octanol–water partition coefficient (Wildman–Crippen LogP) is 2.74. The topological polar surface area (TPSA) is 103 Å². The van der Waals surface area contributed by atoms with Crippen molar-refractivity contribution in [1.82, 2.24) is 14.5 Å². The summed E-state index contributed by atoms with van der Waals surface area (Å²) in [6, 6.07) is 8.88. The number of imidazole rings is 1. The van der Waals surface area contributed by atoms with Crippen LogP contribution >= 0.6 is 0 Å². The van der Waals surface area contributed by atoms with Crippen molar-refractivity contribution in [2.24, 2.45) is 0 Å². The molecule has 8 nitrogen and oxygen atoms in total. The molecule has 1 amide bonds. The molecule has 0 radical (unpaired) electrons. The second-order valence-corrected chi connectivity index (χ2v) is 5.01. The summed E-state index contributed by atoms with van der Waals surface area (Å²) in [5.41, 5.74) is 0.795. The van der Waals surface area contributed by atoms with Gasteiger partial charge in [-0.25, -0.2) is 9.97 Å². The number of pyridine rings is 1. The quantitative estimate of drug-likeness (QED) is 0.587. The number of benzene rings is 1. The van der Waals surface area contributed by atoms with Crippen molar-refractivity contribution in [1.29, 1.82) is 0 Å². The van der Waals surface area contributed by atoms with Crippen LogP contribution in [0.1, 0.15) is 16.2 Å². The zero-order valence-corrected chi connectivity index (χ0v) is 12.7. The monoisotopic (exact) mass is 323 g/mol. The van der Waals surface area contributed by atoms with E-state index in [0.717, 1.165) is 5.82 Å². The fourth-order valence-electron chi connectivity index (χ4n) is 2.16. The van der Waals surface area contributed by atoms with E-state index in [4.69, 9.17) is 0 Å². The first-order chi connectivity index (χ1) is 11.5. The van der Waals surface area contributed by atoms with Gasteiger partial charge in [0.2, 0.25) is 0 Å². The van der Waals surface area contributed by atoms with E-state index in [-0.39, 0.29) is 11.6 Å². The molecule has 24 heavy (non-hydrogen) atoms. The lowest BCUT2D eigenvalue weighted by Crippen LogP contribution is -2.12. The highest BCUT2D eigenvalue weighted by molar-refractivity contribution is 6.04. The summed E-state index contributed by atoms with van der Waals surface area (Å²) in [6.45, 7) is 1.87. The summed E-state index contributed by atoms with van der Waals surface area (Å²) in [5, 5.41) is 13.3. The fraction of sp³-hybridized carbons (Fsp3) is 0.0625. The van der Waals surface area contributed by atoms with Crippen LogP contribution < -0.4 is 5.32 Å². The van der Waals surface area contributed by atoms with Crippen molar-refractivity contribution in [3.63, 3.8) is 0 Å². The number of nitrogens with one attached hydrogen (secondary N) is 1. The van der Waals surface area contributed by atoms with Crippen LogP contribution in [0.4, 0.5) is 11.4 Å². The number of hydrogen-bond acceptors (Lipinski definition) is 5. The molecule has 1 N–H and O–H groups in total. The number of carbonyl (C=O) groups excluding carboxylic acids is 1. The minimum absolute atomic E-state index is 0.0618. The van der Waals surface area contributed by atoms with Gasteiger partial charge in [0.25, 0.3) is 11.6 Å². The summed E-state index contributed by atoms with van der Waals surface area (Å²) < 4.78 is 1.82. The van der Waals surface area contributed by atoms with Crippen LogP contribution in [-0.4, -0.2) is 25.4 Å². The first-order valence-corrected chi connectivity index (χ1v) is 7.07. The van der Waals surface area contributed by atoms with E-state index in [1.165, 1.54) is 30.5 Å². The molecule has 1 aromatic carbocycles. The molecule has 0 aliphatic rings. The third-order valence-electron chi connectivity index (χ3n) is 3.42. The summed E-state index contributed by atoms with van der Waals surface area (Å²) >= 11 is 0. The van der Waals surface area contributed by atoms with Crippen LogP contribution in [0.25, 0.3) is 5.82 Å². The average Bonchev–Trinajstić information content (AvgIpc) is 3.01. The van der Waals surface area contributed by atoms with Gasteiger partial charge in [-0.2, -0.15) is 0 Å². The lowest BCUT2D eigenvalue weighted by atomic mass is 10.2. The van der Waals surface area contributed by atoms with Crippen LogP contribution in [0.5, 0.6) is 0 Å². The molecule has 8 heteroatoms. The van der Waals surface area contributed by atoms with E-state index in [1.54, 1.807) is 24.5 Å². The summed E-state index contributed by atoms with van der Waals surface area (Å²) in [7, 11) is 0. The van der Waals surface area contributed by atoms with Crippen molar-refractivity contribution in [2.75, 3.05) is 5.32 Å². The van der Waals surface area contributed by atoms with Crippen molar-refractivity contribution in [3.05, 3.63) is 76.5 Å². The van der Waals surface area contributed by atoms with Gasteiger partial charge in [-0.05, 0) is 31.2 Å². The van der Waals surface area contributed by atoms with Crippen LogP contribution in [0.3, 0.4) is 0 Å². The summed E-state index contributed by atoms with van der Waals surface area (Å²) in [4.78, 5) is 30.7. The second-order valence-electron chi connectivity index (χ2n) is 5.01. The molecule has 0 aliphatic heterocycles. The molecule has 2 heterocycles. The number of nitrogens with zero attached hydrogens (tertiary/aromatic N) is 4. The van der Waals surface area contributed by atoms with Crippen molar-refractivity contribution < 1.29 is 9.72 Å². The predicted molar refractivity (Wildman–Crippen MR) is 87.1 cm³/mol. The van der Waals surface area contributed by atoms with Gasteiger partial charge in [0.05, 0.1) is 16.8 Å². The highest BCUT2D eigenvalue weighted by Gasteiger charge is 2.10. The first kappa shape index (κ1) is 15.3. The number of carbonyl (C=O) groups is 1. The van der Waals surface area contributed by atoms with Gasteiger partial charge in [0.15, 0.2) is 0 Å². The van der Waals surface area contributed by atoms with Crippen molar-refractivity contribution >= 4 is 17.3 Å². The molecular weight excluding hydrogens is 310 g/mol. The number of amides is 1. The number of nitro benzene ring substituents is 1. The molecule has 0 fully saturated rings. The summed E-state index contributed by atoms with van der Waals surface area (Å²) in [5.74, 6) is 1.14. The highest BCUT2D eigenvalue weighted by Crippen LogP contribution is 2.15. The van der Waals surface area contributed by atoms with Crippen LogP contribution in [0.2, 0.25) is 0 Å². The first-order valence-electron chi connectivity index (χ1n) is 7.07. The fourth-order valence-corrected chi connectivity index (χ4v) is 2.16. The van der Waals surface area contributed by atoms with Gasteiger partial charge in [0, 0.05) is 30.1 Å². The Morgan fingerprint density at radius 3 is 2.46 bits per heavy atom. The van der Waals surface area contributed by atoms with Gasteiger partial charge in [-0.1, -0.05) is 0 Å². The Balaban J connectivity index is 1.72. The lowest BCUT2D eigenvalue weighted by Gasteiger charge is -2.07. The van der Waals surface area contributed by atoms with Gasteiger partial charge in [-0.3, -0.25) is 19.5 Å². The Labute approximate surface area is 136 Å². The van der Waals surface area contributed by atoms with E-state index in [0.29, 0.717) is 17.1 Å². The molecule has 2 aromatic heterocycles. The standard InChI is InChI=1S/C16H13N5O3/c1-11-17-8-9-20(11)15-7-4-13(10-18-15)19-16(22)12-2-5-14(6-3-12)21(23)24/h2-10H,1H3,(H,19,22). The molecule has 0 atom stereocenters. The van der Waals surface area contributed by atoms with E-state index in [2.05, 4.69) is 15.3 Å². The van der Waals surface area contributed by atoms with Crippen LogP contribution in [0.15, 0.2) is 55.0 Å². The molecular formula is C16H13N5O3.